The van der Waals surface area contributed by atoms with E-state index in [0.29, 0.717) is 10.9 Å². The summed E-state index contributed by atoms with van der Waals surface area (Å²) in [6.45, 7) is 2.33. The first kappa shape index (κ1) is 23.2. The third kappa shape index (κ3) is 5.89. The van der Waals surface area contributed by atoms with Crippen LogP contribution in [0.3, 0.4) is 0 Å². The number of hydrogen-bond donors (Lipinski definition) is 0. The van der Waals surface area contributed by atoms with Crippen LogP contribution >= 0.6 is 11.3 Å². The summed E-state index contributed by atoms with van der Waals surface area (Å²) in [6, 6.07) is 18.7. The summed E-state index contributed by atoms with van der Waals surface area (Å²) in [4.78, 5) is 19.6. The van der Waals surface area contributed by atoms with Gasteiger partial charge in [0.1, 0.15) is 5.76 Å². The number of sulfone groups is 1. The predicted molar refractivity (Wildman–Crippen MR) is 132 cm³/mol. The second-order valence-corrected chi connectivity index (χ2v) is 11.0. The Morgan fingerprint density at radius 2 is 1.88 bits per heavy atom. The van der Waals surface area contributed by atoms with E-state index in [4.69, 9.17) is 9.40 Å². The van der Waals surface area contributed by atoms with Gasteiger partial charge in [-0.3, -0.25) is 9.69 Å². The molecule has 0 atom stereocenters. The number of carbonyl (C=O) groups excluding carboxylic acids is 1. The number of benzene rings is 2. The molecule has 0 radical (unpaired) electrons. The van der Waals surface area contributed by atoms with E-state index < -0.39 is 9.84 Å². The zero-order valence-electron chi connectivity index (χ0n) is 18.4. The lowest BCUT2D eigenvalue weighted by molar-refractivity contribution is -0.118. The minimum atomic E-state index is -3.30. The molecule has 0 saturated carbocycles. The summed E-state index contributed by atoms with van der Waals surface area (Å²) in [5, 5.41) is 0.597. The van der Waals surface area contributed by atoms with Crippen molar-refractivity contribution in [1.29, 1.82) is 0 Å². The van der Waals surface area contributed by atoms with Crippen molar-refractivity contribution in [2.24, 2.45) is 0 Å². The monoisotopic (exact) mass is 482 g/mol. The number of rotatable bonds is 10. The van der Waals surface area contributed by atoms with E-state index in [-0.39, 0.29) is 36.8 Å². The molecule has 2 aromatic heterocycles. The Labute approximate surface area is 197 Å². The molecule has 0 aliphatic rings. The van der Waals surface area contributed by atoms with Gasteiger partial charge in [-0.25, -0.2) is 13.4 Å². The average Bonchev–Trinajstić information content (AvgIpc) is 3.47. The minimum Gasteiger partial charge on any atom is -0.467 e. The van der Waals surface area contributed by atoms with Gasteiger partial charge in [-0.15, -0.1) is 0 Å². The van der Waals surface area contributed by atoms with E-state index in [0.717, 1.165) is 27.8 Å². The van der Waals surface area contributed by atoms with Gasteiger partial charge in [0.15, 0.2) is 15.0 Å². The van der Waals surface area contributed by atoms with Gasteiger partial charge in [0, 0.05) is 6.42 Å². The van der Waals surface area contributed by atoms with Crippen LogP contribution in [0.15, 0.2) is 71.3 Å². The lowest BCUT2D eigenvalue weighted by Gasteiger charge is -2.18. The molecule has 4 aromatic rings. The van der Waals surface area contributed by atoms with Crippen molar-refractivity contribution in [2.45, 2.75) is 38.5 Å². The third-order valence-electron chi connectivity index (χ3n) is 5.37. The molecule has 1 amide bonds. The van der Waals surface area contributed by atoms with Crippen LogP contribution in [0.1, 0.15) is 36.7 Å². The predicted octanol–water partition coefficient (Wildman–Crippen LogP) is 5.38. The molecule has 33 heavy (non-hydrogen) atoms. The van der Waals surface area contributed by atoms with Crippen LogP contribution in [0.5, 0.6) is 0 Å². The topological polar surface area (TPSA) is 80.5 Å². The number of furan rings is 1. The van der Waals surface area contributed by atoms with Crippen molar-refractivity contribution in [3.05, 3.63) is 83.8 Å². The van der Waals surface area contributed by atoms with Crippen LogP contribution in [0.25, 0.3) is 10.2 Å². The summed E-state index contributed by atoms with van der Waals surface area (Å²) < 4.78 is 31.5. The fourth-order valence-corrected chi connectivity index (χ4v) is 6.15. The Morgan fingerprint density at radius 1 is 1.06 bits per heavy atom. The highest BCUT2D eigenvalue weighted by molar-refractivity contribution is 7.90. The molecular weight excluding hydrogens is 456 g/mol. The molecule has 0 spiro atoms. The van der Waals surface area contributed by atoms with Crippen molar-refractivity contribution in [1.82, 2.24) is 4.98 Å². The van der Waals surface area contributed by atoms with Gasteiger partial charge in [-0.1, -0.05) is 60.7 Å². The Bertz CT molecular complexity index is 1310. The highest BCUT2D eigenvalue weighted by Crippen LogP contribution is 2.32. The van der Waals surface area contributed by atoms with E-state index in [9.17, 15) is 13.2 Å². The lowest BCUT2D eigenvalue weighted by Crippen LogP contribution is -2.30. The molecule has 2 aromatic carbocycles. The highest BCUT2D eigenvalue weighted by Gasteiger charge is 2.22. The number of para-hydroxylation sites is 1. The van der Waals surface area contributed by atoms with Gasteiger partial charge in [0.05, 0.1) is 34.5 Å². The number of aromatic nitrogens is 1. The third-order valence-corrected chi connectivity index (χ3v) is 8.10. The van der Waals surface area contributed by atoms with E-state index in [2.05, 4.69) is 6.92 Å². The molecule has 8 heteroatoms. The SMILES string of the molecule is CCc1cccc2sc(N(Cc3ccco3)C(=O)CCCS(=O)(=O)Cc3ccccc3)nc12. The van der Waals surface area contributed by atoms with Gasteiger partial charge < -0.3 is 4.42 Å². The van der Waals surface area contributed by atoms with Gasteiger partial charge in [0.25, 0.3) is 0 Å². The Hall–Kier alpha value is -2.97. The van der Waals surface area contributed by atoms with Gasteiger partial charge in [-0.2, -0.15) is 0 Å². The Balaban J connectivity index is 1.48. The number of thiazole rings is 1. The van der Waals surface area contributed by atoms with Crippen molar-refractivity contribution in [3.8, 4) is 0 Å². The quantitative estimate of drug-likeness (QED) is 0.303. The molecule has 6 nitrogen and oxygen atoms in total. The van der Waals surface area contributed by atoms with Gasteiger partial charge in [-0.05, 0) is 42.2 Å². The second-order valence-electron chi connectivity index (χ2n) is 7.85. The normalized spacial score (nSPS) is 11.7. The molecular formula is C25H26N2O4S2. The molecule has 0 aliphatic carbocycles. The summed E-state index contributed by atoms with van der Waals surface area (Å²) in [7, 11) is -3.30. The van der Waals surface area contributed by atoms with Gasteiger partial charge >= 0.3 is 0 Å². The first-order chi connectivity index (χ1) is 15.9. The Kier molecular flexibility index (Phi) is 7.25. The molecule has 2 heterocycles. The van der Waals surface area contributed by atoms with E-state index in [1.807, 2.05) is 42.5 Å². The lowest BCUT2D eigenvalue weighted by atomic mass is 10.1. The van der Waals surface area contributed by atoms with Crippen LogP contribution in [-0.4, -0.2) is 25.1 Å². The number of aryl methyl sites for hydroxylation is 1. The van der Waals surface area contributed by atoms with Crippen molar-refractivity contribution in [2.75, 3.05) is 10.7 Å². The minimum absolute atomic E-state index is 0.0181. The standard InChI is InChI=1S/C25H26N2O4S2/c1-2-20-11-6-13-22-24(20)26-25(32-22)27(17-21-12-7-15-31-21)23(28)14-8-16-33(29,30)18-19-9-4-3-5-10-19/h3-7,9-13,15H,2,8,14,16-18H2,1H3. The fraction of sp³-hybridized carbons (Fsp3) is 0.280. The van der Waals surface area contributed by atoms with E-state index in [1.165, 1.54) is 11.3 Å². The fourth-order valence-electron chi connectivity index (χ4n) is 3.69. The van der Waals surface area contributed by atoms with Gasteiger partial charge in [0.2, 0.25) is 5.91 Å². The van der Waals surface area contributed by atoms with E-state index in [1.54, 1.807) is 29.4 Å². The molecule has 0 fully saturated rings. The zero-order chi connectivity index (χ0) is 23.3. The van der Waals surface area contributed by atoms with Crippen LogP contribution in [0.2, 0.25) is 0 Å². The second kappa shape index (κ2) is 10.3. The largest absolute Gasteiger partial charge is 0.467 e. The molecule has 0 unspecified atom stereocenters. The maximum atomic E-state index is 13.2. The van der Waals surface area contributed by atoms with Crippen LogP contribution < -0.4 is 4.90 Å². The van der Waals surface area contributed by atoms with Crippen molar-refractivity contribution in [3.63, 3.8) is 0 Å². The molecule has 0 aliphatic heterocycles. The molecule has 0 saturated heterocycles. The van der Waals surface area contributed by atoms with Crippen molar-refractivity contribution < 1.29 is 17.6 Å². The Morgan fingerprint density at radius 3 is 2.61 bits per heavy atom. The zero-order valence-corrected chi connectivity index (χ0v) is 20.1. The number of amides is 1. The summed E-state index contributed by atoms with van der Waals surface area (Å²) in [6.07, 6.45) is 2.80. The van der Waals surface area contributed by atoms with Crippen molar-refractivity contribution >= 4 is 42.4 Å². The maximum absolute atomic E-state index is 13.2. The molecule has 0 bridgehead atoms. The summed E-state index contributed by atoms with van der Waals surface area (Å²) in [5.74, 6) is 0.422. The average molecular weight is 483 g/mol. The number of anilines is 1. The van der Waals surface area contributed by atoms with Crippen LogP contribution in [-0.2, 0) is 33.4 Å². The molecule has 0 N–H and O–H groups in total. The first-order valence-corrected chi connectivity index (χ1v) is 13.5. The maximum Gasteiger partial charge on any atom is 0.229 e. The molecule has 172 valence electrons. The highest BCUT2D eigenvalue weighted by atomic mass is 32.2. The smallest absolute Gasteiger partial charge is 0.229 e. The first-order valence-electron chi connectivity index (χ1n) is 10.9. The number of fused-ring (bicyclic) bond motifs is 1. The van der Waals surface area contributed by atoms with Crippen LogP contribution in [0, 0.1) is 0 Å². The number of carbonyl (C=O) groups is 1. The van der Waals surface area contributed by atoms with Crippen LogP contribution in [0.4, 0.5) is 5.13 Å². The molecule has 4 rings (SSSR count). The summed E-state index contributed by atoms with van der Waals surface area (Å²) >= 11 is 1.46. The summed E-state index contributed by atoms with van der Waals surface area (Å²) in [5.41, 5.74) is 2.79. The number of hydrogen-bond acceptors (Lipinski definition) is 6. The van der Waals surface area contributed by atoms with E-state index >= 15 is 0 Å². The number of nitrogens with zero attached hydrogens (tertiary/aromatic N) is 2.